The van der Waals surface area contributed by atoms with E-state index in [1.807, 2.05) is 6.92 Å². The smallest absolute Gasteiger partial charge is 0.248 e. The van der Waals surface area contributed by atoms with Gasteiger partial charge in [0.2, 0.25) is 17.7 Å². The predicted molar refractivity (Wildman–Crippen MR) is 66.2 cm³/mol. The maximum absolute atomic E-state index is 10.9. The molecule has 0 unspecified atom stereocenters. The molecule has 0 bridgehead atoms. The van der Waals surface area contributed by atoms with Crippen molar-refractivity contribution in [3.63, 3.8) is 0 Å². The standard InChI is InChI=1S/C12H12N4O2/c1-7-6-15-12(14)16-11(7)18-9-4-2-8(3-5-9)10(13)17/h2-6H,1H3,(H2,13,17)(H2,14,15,16). The van der Waals surface area contributed by atoms with E-state index in [9.17, 15) is 4.79 Å². The molecule has 92 valence electrons. The summed E-state index contributed by atoms with van der Waals surface area (Å²) in [6, 6.07) is 6.44. The Bertz CT molecular complexity index is 581. The average molecular weight is 244 g/mol. The minimum atomic E-state index is -0.482. The fraction of sp³-hybridized carbons (Fsp3) is 0.0833. The second kappa shape index (κ2) is 4.70. The SMILES string of the molecule is Cc1cnc(N)nc1Oc1ccc(C(N)=O)cc1. The first-order valence-electron chi connectivity index (χ1n) is 5.23. The molecule has 0 aliphatic carbocycles. The molecule has 0 aliphatic heterocycles. The van der Waals surface area contributed by atoms with E-state index in [4.69, 9.17) is 16.2 Å². The van der Waals surface area contributed by atoms with Crippen molar-refractivity contribution in [2.24, 2.45) is 5.73 Å². The Hall–Kier alpha value is -2.63. The number of anilines is 1. The monoisotopic (exact) mass is 244 g/mol. The fourth-order valence-electron chi connectivity index (χ4n) is 1.34. The third-order valence-corrected chi connectivity index (χ3v) is 2.30. The van der Waals surface area contributed by atoms with Gasteiger partial charge in [-0.1, -0.05) is 0 Å². The molecule has 0 fully saturated rings. The van der Waals surface area contributed by atoms with E-state index >= 15 is 0 Å². The summed E-state index contributed by atoms with van der Waals surface area (Å²) in [5.74, 6) is 0.587. The van der Waals surface area contributed by atoms with Crippen LogP contribution in [0.25, 0.3) is 0 Å². The number of nitrogen functional groups attached to an aromatic ring is 1. The molecule has 0 atom stereocenters. The summed E-state index contributed by atoms with van der Waals surface area (Å²) in [6.45, 7) is 1.81. The number of carbonyl (C=O) groups excluding carboxylic acids is 1. The topological polar surface area (TPSA) is 104 Å². The van der Waals surface area contributed by atoms with Crippen LogP contribution < -0.4 is 16.2 Å². The van der Waals surface area contributed by atoms with Crippen LogP contribution >= 0.6 is 0 Å². The molecular weight excluding hydrogens is 232 g/mol. The number of hydrogen-bond donors (Lipinski definition) is 2. The van der Waals surface area contributed by atoms with E-state index in [0.717, 1.165) is 5.56 Å². The second-order valence-corrected chi connectivity index (χ2v) is 3.71. The van der Waals surface area contributed by atoms with Crippen LogP contribution in [-0.4, -0.2) is 15.9 Å². The lowest BCUT2D eigenvalue weighted by Crippen LogP contribution is -2.10. The highest BCUT2D eigenvalue weighted by Gasteiger charge is 2.06. The van der Waals surface area contributed by atoms with E-state index < -0.39 is 5.91 Å². The lowest BCUT2D eigenvalue weighted by Gasteiger charge is -2.07. The zero-order valence-electron chi connectivity index (χ0n) is 9.75. The van der Waals surface area contributed by atoms with Gasteiger partial charge >= 0.3 is 0 Å². The summed E-state index contributed by atoms with van der Waals surface area (Å²) in [4.78, 5) is 18.7. The highest BCUT2D eigenvalue weighted by molar-refractivity contribution is 5.92. The van der Waals surface area contributed by atoms with Gasteiger partial charge in [-0.3, -0.25) is 4.79 Å². The number of primary amides is 1. The Kier molecular flexibility index (Phi) is 3.09. The molecular formula is C12H12N4O2. The first-order valence-corrected chi connectivity index (χ1v) is 5.23. The number of ether oxygens (including phenoxy) is 1. The highest BCUT2D eigenvalue weighted by atomic mass is 16.5. The van der Waals surface area contributed by atoms with Crippen LogP contribution in [0.2, 0.25) is 0 Å². The van der Waals surface area contributed by atoms with E-state index in [-0.39, 0.29) is 5.95 Å². The van der Waals surface area contributed by atoms with E-state index in [1.165, 1.54) is 0 Å². The van der Waals surface area contributed by atoms with Crippen LogP contribution in [0.3, 0.4) is 0 Å². The summed E-state index contributed by atoms with van der Waals surface area (Å²) in [5.41, 5.74) is 11.8. The van der Waals surface area contributed by atoms with Crippen LogP contribution in [0, 0.1) is 6.92 Å². The van der Waals surface area contributed by atoms with Crippen molar-refractivity contribution < 1.29 is 9.53 Å². The molecule has 0 aliphatic rings. The van der Waals surface area contributed by atoms with Crippen molar-refractivity contribution in [2.75, 3.05) is 5.73 Å². The Morgan fingerprint density at radius 2 is 1.94 bits per heavy atom. The van der Waals surface area contributed by atoms with Gasteiger partial charge in [0.25, 0.3) is 0 Å². The molecule has 1 heterocycles. The molecule has 0 spiro atoms. The third kappa shape index (κ3) is 2.54. The minimum absolute atomic E-state index is 0.143. The number of rotatable bonds is 3. The Morgan fingerprint density at radius 1 is 1.28 bits per heavy atom. The minimum Gasteiger partial charge on any atom is -0.439 e. The van der Waals surface area contributed by atoms with E-state index in [1.54, 1.807) is 30.5 Å². The van der Waals surface area contributed by atoms with Crippen molar-refractivity contribution in [2.45, 2.75) is 6.92 Å². The van der Waals surface area contributed by atoms with Gasteiger partial charge in [-0.15, -0.1) is 0 Å². The first kappa shape index (κ1) is 11.8. The first-order chi connectivity index (χ1) is 8.56. The summed E-state index contributed by atoms with van der Waals surface area (Å²) in [7, 11) is 0. The molecule has 1 aromatic heterocycles. The summed E-state index contributed by atoms with van der Waals surface area (Å²) in [6.07, 6.45) is 1.58. The van der Waals surface area contributed by atoms with Crippen molar-refractivity contribution in [1.29, 1.82) is 0 Å². The van der Waals surface area contributed by atoms with Gasteiger partial charge in [0, 0.05) is 17.3 Å². The van der Waals surface area contributed by atoms with E-state index in [2.05, 4.69) is 9.97 Å². The Morgan fingerprint density at radius 3 is 2.56 bits per heavy atom. The lowest BCUT2D eigenvalue weighted by atomic mass is 10.2. The number of carbonyl (C=O) groups is 1. The Balaban J connectivity index is 2.23. The highest BCUT2D eigenvalue weighted by Crippen LogP contribution is 2.22. The molecule has 1 amide bonds. The maximum Gasteiger partial charge on any atom is 0.248 e. The van der Waals surface area contributed by atoms with Gasteiger partial charge in [-0.2, -0.15) is 4.98 Å². The molecule has 6 nitrogen and oxygen atoms in total. The number of benzene rings is 1. The number of amides is 1. The Labute approximate surface area is 104 Å². The number of nitrogens with two attached hydrogens (primary N) is 2. The molecule has 0 saturated carbocycles. The molecule has 6 heteroatoms. The zero-order valence-corrected chi connectivity index (χ0v) is 9.75. The third-order valence-electron chi connectivity index (χ3n) is 2.30. The molecule has 2 aromatic rings. The normalized spacial score (nSPS) is 10.1. The van der Waals surface area contributed by atoms with Crippen LogP contribution in [0.5, 0.6) is 11.6 Å². The molecule has 0 radical (unpaired) electrons. The van der Waals surface area contributed by atoms with Crippen LogP contribution in [0.1, 0.15) is 15.9 Å². The van der Waals surface area contributed by atoms with Gasteiger partial charge in [-0.25, -0.2) is 4.98 Å². The van der Waals surface area contributed by atoms with Crippen LogP contribution in [-0.2, 0) is 0 Å². The molecule has 1 aromatic carbocycles. The van der Waals surface area contributed by atoms with Crippen molar-refractivity contribution >= 4 is 11.9 Å². The van der Waals surface area contributed by atoms with Gasteiger partial charge in [0.05, 0.1) is 0 Å². The molecule has 18 heavy (non-hydrogen) atoms. The predicted octanol–water partition coefficient (Wildman–Crippen LogP) is 1.26. The number of nitrogens with zero attached hydrogens (tertiary/aromatic N) is 2. The molecule has 0 saturated heterocycles. The van der Waals surface area contributed by atoms with Crippen LogP contribution in [0.15, 0.2) is 30.5 Å². The van der Waals surface area contributed by atoms with Gasteiger partial charge < -0.3 is 16.2 Å². The fourth-order valence-corrected chi connectivity index (χ4v) is 1.34. The second-order valence-electron chi connectivity index (χ2n) is 3.71. The zero-order chi connectivity index (χ0) is 13.1. The van der Waals surface area contributed by atoms with Gasteiger partial charge in [-0.05, 0) is 31.2 Å². The van der Waals surface area contributed by atoms with Crippen molar-refractivity contribution in [1.82, 2.24) is 9.97 Å². The average Bonchev–Trinajstić information content (AvgIpc) is 2.34. The van der Waals surface area contributed by atoms with Gasteiger partial charge in [0.15, 0.2) is 0 Å². The maximum atomic E-state index is 10.9. The number of hydrogen-bond acceptors (Lipinski definition) is 5. The van der Waals surface area contributed by atoms with Crippen molar-refractivity contribution in [3.05, 3.63) is 41.6 Å². The summed E-state index contributed by atoms with van der Waals surface area (Å²) >= 11 is 0. The summed E-state index contributed by atoms with van der Waals surface area (Å²) in [5, 5.41) is 0. The number of aryl methyl sites for hydroxylation is 1. The quantitative estimate of drug-likeness (QED) is 0.845. The van der Waals surface area contributed by atoms with E-state index in [0.29, 0.717) is 17.2 Å². The molecule has 2 rings (SSSR count). The summed E-state index contributed by atoms with van der Waals surface area (Å²) < 4.78 is 5.54. The molecule has 4 N–H and O–H groups in total. The van der Waals surface area contributed by atoms with Gasteiger partial charge in [0.1, 0.15) is 5.75 Å². The van der Waals surface area contributed by atoms with Crippen molar-refractivity contribution in [3.8, 4) is 11.6 Å². The lowest BCUT2D eigenvalue weighted by molar-refractivity contribution is 0.100. The number of aromatic nitrogens is 2. The largest absolute Gasteiger partial charge is 0.439 e. The van der Waals surface area contributed by atoms with Crippen LogP contribution in [0.4, 0.5) is 5.95 Å².